The fraction of sp³-hybridized carbons (Fsp3) is 0.857. The van der Waals surface area contributed by atoms with Crippen molar-refractivity contribution in [3.05, 3.63) is 0 Å². The number of nitrogens with zero attached hydrogens (tertiary/aromatic N) is 1. The summed E-state index contributed by atoms with van der Waals surface area (Å²) >= 11 is 0. The monoisotopic (exact) mass is 285 g/mol. The van der Waals surface area contributed by atoms with Crippen molar-refractivity contribution in [2.75, 3.05) is 26.8 Å². The first-order valence-corrected chi connectivity index (χ1v) is 7.29. The van der Waals surface area contributed by atoms with Crippen LogP contribution >= 0.6 is 0 Å². The number of rotatable bonds is 6. The number of piperidine rings is 1. The van der Waals surface area contributed by atoms with Gasteiger partial charge in [0.25, 0.3) is 0 Å². The molecule has 2 amide bonds. The van der Waals surface area contributed by atoms with Crippen LogP contribution in [0.4, 0.5) is 0 Å². The maximum atomic E-state index is 11.9. The molecule has 1 unspecified atom stereocenters. The zero-order valence-corrected chi connectivity index (χ0v) is 12.7. The number of carbonyl (C=O) groups excluding carboxylic acids is 2. The lowest BCUT2D eigenvalue weighted by molar-refractivity contribution is -0.135. The lowest BCUT2D eigenvalue weighted by Gasteiger charge is -2.33. The fourth-order valence-corrected chi connectivity index (χ4v) is 2.29. The highest BCUT2D eigenvalue weighted by Crippen LogP contribution is 2.13. The Balaban J connectivity index is 2.31. The summed E-state index contributed by atoms with van der Waals surface area (Å²) in [5, 5.41) is 2.96. The van der Waals surface area contributed by atoms with Gasteiger partial charge in [0.05, 0.1) is 6.04 Å². The van der Waals surface area contributed by atoms with Crippen LogP contribution < -0.4 is 11.1 Å². The second kappa shape index (κ2) is 8.21. The van der Waals surface area contributed by atoms with E-state index >= 15 is 0 Å². The summed E-state index contributed by atoms with van der Waals surface area (Å²) in [5.41, 5.74) is 5.78. The van der Waals surface area contributed by atoms with Crippen LogP contribution in [0, 0.1) is 5.92 Å². The quantitative estimate of drug-likeness (QED) is 0.725. The van der Waals surface area contributed by atoms with Gasteiger partial charge in [0.1, 0.15) is 0 Å². The van der Waals surface area contributed by atoms with Crippen molar-refractivity contribution in [1.29, 1.82) is 0 Å². The first-order chi connectivity index (χ1) is 9.45. The maximum absolute atomic E-state index is 11.9. The Morgan fingerprint density at radius 2 is 1.95 bits per heavy atom. The molecule has 1 heterocycles. The van der Waals surface area contributed by atoms with E-state index in [1.54, 1.807) is 7.11 Å². The number of nitrogens with two attached hydrogens (primary N) is 1. The van der Waals surface area contributed by atoms with Crippen LogP contribution in [-0.4, -0.2) is 55.6 Å². The summed E-state index contributed by atoms with van der Waals surface area (Å²) in [5.74, 6) is 0.0888. The van der Waals surface area contributed by atoms with Gasteiger partial charge in [-0.15, -0.1) is 0 Å². The lowest BCUT2D eigenvalue weighted by Crippen LogP contribution is -2.51. The number of hydrogen-bond acceptors (Lipinski definition) is 4. The van der Waals surface area contributed by atoms with E-state index in [4.69, 9.17) is 10.5 Å². The summed E-state index contributed by atoms with van der Waals surface area (Å²) in [4.78, 5) is 25.6. The third kappa shape index (κ3) is 5.09. The minimum absolute atomic E-state index is 0.0311. The summed E-state index contributed by atoms with van der Waals surface area (Å²) in [6.45, 7) is 5.70. The number of amides is 2. The Bertz CT molecular complexity index is 326. The van der Waals surface area contributed by atoms with E-state index in [1.165, 1.54) is 0 Å². The summed E-state index contributed by atoms with van der Waals surface area (Å²) < 4.78 is 4.91. The standard InChI is InChI=1S/C14H27N3O3/c1-10(2)14(19)17-7-4-11(5-8-17)16-13(18)12(15)6-9-20-3/h10-12H,4-9,15H2,1-3H3,(H,16,18). The zero-order chi connectivity index (χ0) is 15.1. The minimum Gasteiger partial charge on any atom is -0.385 e. The van der Waals surface area contributed by atoms with Crippen LogP contribution in [0.25, 0.3) is 0 Å². The van der Waals surface area contributed by atoms with Gasteiger partial charge < -0.3 is 20.7 Å². The molecule has 1 saturated heterocycles. The molecule has 0 aliphatic carbocycles. The molecule has 116 valence electrons. The van der Waals surface area contributed by atoms with Gasteiger partial charge in [-0.2, -0.15) is 0 Å². The molecule has 1 fully saturated rings. The average Bonchev–Trinajstić information content (AvgIpc) is 2.44. The third-order valence-electron chi connectivity index (χ3n) is 3.62. The first-order valence-electron chi connectivity index (χ1n) is 7.29. The van der Waals surface area contributed by atoms with Gasteiger partial charge >= 0.3 is 0 Å². The van der Waals surface area contributed by atoms with Crippen LogP contribution in [-0.2, 0) is 14.3 Å². The molecular formula is C14H27N3O3. The van der Waals surface area contributed by atoms with Crippen LogP contribution in [0.3, 0.4) is 0 Å². The molecule has 1 atom stereocenters. The highest BCUT2D eigenvalue weighted by molar-refractivity contribution is 5.82. The molecule has 0 aromatic carbocycles. The van der Waals surface area contributed by atoms with Gasteiger partial charge in [-0.1, -0.05) is 13.8 Å². The van der Waals surface area contributed by atoms with E-state index in [-0.39, 0.29) is 23.8 Å². The lowest BCUT2D eigenvalue weighted by atomic mass is 10.0. The number of nitrogens with one attached hydrogen (secondary N) is 1. The number of likely N-dealkylation sites (tertiary alicyclic amines) is 1. The largest absolute Gasteiger partial charge is 0.385 e. The van der Waals surface area contributed by atoms with Crippen molar-refractivity contribution >= 4 is 11.8 Å². The Morgan fingerprint density at radius 3 is 2.45 bits per heavy atom. The SMILES string of the molecule is COCCC(N)C(=O)NC1CCN(C(=O)C(C)C)CC1. The predicted octanol–water partition coefficient (Wildman–Crippen LogP) is 0.113. The Morgan fingerprint density at radius 1 is 1.35 bits per heavy atom. The van der Waals surface area contributed by atoms with Gasteiger partial charge in [-0.05, 0) is 19.3 Å². The van der Waals surface area contributed by atoms with E-state index in [2.05, 4.69) is 5.32 Å². The second-order valence-corrected chi connectivity index (χ2v) is 5.65. The van der Waals surface area contributed by atoms with Crippen molar-refractivity contribution < 1.29 is 14.3 Å². The van der Waals surface area contributed by atoms with Gasteiger partial charge in [-0.3, -0.25) is 9.59 Å². The molecule has 6 nitrogen and oxygen atoms in total. The number of carbonyl (C=O) groups is 2. The van der Waals surface area contributed by atoms with Crippen LogP contribution in [0.5, 0.6) is 0 Å². The van der Waals surface area contributed by atoms with E-state index < -0.39 is 6.04 Å². The normalized spacial score (nSPS) is 18.1. The molecule has 3 N–H and O–H groups in total. The molecule has 1 aliphatic heterocycles. The number of hydrogen-bond donors (Lipinski definition) is 2. The van der Waals surface area contributed by atoms with E-state index in [9.17, 15) is 9.59 Å². The van der Waals surface area contributed by atoms with Crippen LogP contribution in [0.2, 0.25) is 0 Å². The molecular weight excluding hydrogens is 258 g/mol. The number of ether oxygens (including phenoxy) is 1. The highest BCUT2D eigenvalue weighted by Gasteiger charge is 2.26. The van der Waals surface area contributed by atoms with Crippen LogP contribution in [0.1, 0.15) is 33.1 Å². The van der Waals surface area contributed by atoms with E-state index in [1.807, 2.05) is 18.7 Å². The highest BCUT2D eigenvalue weighted by atomic mass is 16.5. The Hall–Kier alpha value is -1.14. The average molecular weight is 285 g/mol. The maximum Gasteiger partial charge on any atom is 0.237 e. The molecule has 0 radical (unpaired) electrons. The van der Waals surface area contributed by atoms with Crippen molar-refractivity contribution in [1.82, 2.24) is 10.2 Å². The smallest absolute Gasteiger partial charge is 0.237 e. The van der Waals surface area contributed by atoms with Gasteiger partial charge in [0.15, 0.2) is 0 Å². The topological polar surface area (TPSA) is 84.7 Å². The summed E-state index contributed by atoms with van der Waals surface area (Å²) in [6, 6.07) is -0.405. The molecule has 6 heteroatoms. The van der Waals surface area contributed by atoms with E-state index in [0.29, 0.717) is 26.1 Å². The third-order valence-corrected chi connectivity index (χ3v) is 3.62. The number of methoxy groups -OCH3 is 1. The molecule has 20 heavy (non-hydrogen) atoms. The van der Waals surface area contributed by atoms with Gasteiger partial charge in [-0.25, -0.2) is 0 Å². The van der Waals surface area contributed by atoms with Crippen molar-refractivity contribution in [3.8, 4) is 0 Å². The molecule has 0 spiro atoms. The van der Waals surface area contributed by atoms with Gasteiger partial charge in [0.2, 0.25) is 11.8 Å². The fourth-order valence-electron chi connectivity index (χ4n) is 2.29. The van der Waals surface area contributed by atoms with Crippen molar-refractivity contribution in [3.63, 3.8) is 0 Å². The zero-order valence-electron chi connectivity index (χ0n) is 12.7. The molecule has 1 aliphatic rings. The first kappa shape index (κ1) is 16.9. The predicted molar refractivity (Wildman–Crippen MR) is 77.1 cm³/mol. The van der Waals surface area contributed by atoms with E-state index in [0.717, 1.165) is 12.8 Å². The van der Waals surface area contributed by atoms with Crippen molar-refractivity contribution in [2.45, 2.75) is 45.2 Å². The Kier molecular flexibility index (Phi) is 6.95. The summed E-state index contributed by atoms with van der Waals surface area (Å²) in [6.07, 6.45) is 2.11. The van der Waals surface area contributed by atoms with Gasteiger partial charge in [0, 0.05) is 38.8 Å². The molecule has 0 aromatic heterocycles. The molecule has 0 bridgehead atoms. The summed E-state index contributed by atoms with van der Waals surface area (Å²) in [7, 11) is 1.59. The molecule has 1 rings (SSSR count). The Labute approximate surface area is 121 Å². The molecule has 0 aromatic rings. The molecule has 0 saturated carbocycles. The second-order valence-electron chi connectivity index (χ2n) is 5.65. The minimum atomic E-state index is -0.523. The van der Waals surface area contributed by atoms with Crippen LogP contribution in [0.15, 0.2) is 0 Å². The van der Waals surface area contributed by atoms with Crippen molar-refractivity contribution in [2.24, 2.45) is 11.7 Å².